The van der Waals surface area contributed by atoms with Gasteiger partial charge in [0, 0.05) is 10.2 Å². The summed E-state index contributed by atoms with van der Waals surface area (Å²) in [6, 6.07) is 4.59. The van der Waals surface area contributed by atoms with Crippen LogP contribution in [0.4, 0.5) is 0 Å². The maximum atomic E-state index is 2.44. The van der Waals surface area contributed by atoms with Gasteiger partial charge in [0.05, 0.1) is 8.07 Å². The Morgan fingerprint density at radius 2 is 1.62 bits per heavy atom. The van der Waals surface area contributed by atoms with E-state index in [1.54, 1.807) is 15.9 Å². The van der Waals surface area contributed by atoms with Crippen LogP contribution in [0.5, 0.6) is 0 Å². The number of rotatable bonds is 1. The Balaban J connectivity index is 3.43. The lowest BCUT2D eigenvalue weighted by Crippen LogP contribution is -2.48. The third kappa shape index (κ3) is 2.12. The van der Waals surface area contributed by atoms with Crippen molar-refractivity contribution in [1.82, 2.24) is 0 Å². The summed E-state index contributed by atoms with van der Waals surface area (Å²) in [5.74, 6) is 0. The minimum Gasteiger partial charge on any atom is -0.0712 e. The average molecular weight is 208 g/mol. The molecule has 0 spiro atoms. The summed E-state index contributed by atoms with van der Waals surface area (Å²) in [6.07, 6.45) is 0. The van der Waals surface area contributed by atoms with Crippen molar-refractivity contribution in [2.75, 3.05) is 0 Å². The molecule has 72 valence electrons. The number of hydrogen-bond acceptors (Lipinski definition) is 0. The highest BCUT2D eigenvalue weighted by Crippen LogP contribution is 2.08. The van der Waals surface area contributed by atoms with Gasteiger partial charge in [0.2, 0.25) is 0 Å². The molecule has 0 saturated carbocycles. The van der Waals surface area contributed by atoms with Crippen molar-refractivity contribution in [2.24, 2.45) is 0 Å². The molecule has 0 nitrogen and oxygen atoms in total. The minimum atomic E-state index is -1.12. The number of aryl methyl sites for hydroxylation is 1. The van der Waals surface area contributed by atoms with Crippen LogP contribution in [0, 0.1) is 13.8 Å². The summed E-state index contributed by atoms with van der Waals surface area (Å²) in [7, 11) is 0.0684. The van der Waals surface area contributed by atoms with E-state index < -0.39 is 8.07 Å². The molecule has 0 aliphatic carbocycles. The molecule has 1 rings (SSSR count). The lowest BCUT2D eigenvalue weighted by molar-refractivity contribution is 1.37. The van der Waals surface area contributed by atoms with Crippen LogP contribution in [-0.4, -0.2) is 18.3 Å². The molecule has 1 aromatic rings. The van der Waals surface area contributed by atoms with E-state index in [1.165, 1.54) is 15.8 Å². The van der Waals surface area contributed by atoms with Crippen molar-refractivity contribution in [3.05, 3.63) is 23.3 Å². The smallest absolute Gasteiger partial charge is 0.0712 e. The molecule has 0 fully saturated rings. The minimum absolute atomic E-state index is 1.12. The van der Waals surface area contributed by atoms with E-state index >= 15 is 0 Å². The first-order chi connectivity index (χ1) is 5.84. The highest BCUT2D eigenvalue weighted by molar-refractivity contribution is 6.91. The van der Waals surface area contributed by atoms with E-state index in [0.29, 0.717) is 0 Å². The van der Waals surface area contributed by atoms with Crippen molar-refractivity contribution < 1.29 is 0 Å². The van der Waals surface area contributed by atoms with E-state index in [1.807, 2.05) is 0 Å². The van der Waals surface area contributed by atoms with Gasteiger partial charge in [-0.2, -0.15) is 0 Å². The number of benzene rings is 1. The van der Waals surface area contributed by atoms with Crippen LogP contribution in [0.3, 0.4) is 0 Å². The summed E-state index contributed by atoms with van der Waals surface area (Å²) >= 11 is 0. The predicted octanol–water partition coefficient (Wildman–Crippen LogP) is 0.839. The largest absolute Gasteiger partial charge is 0.0777 e. The van der Waals surface area contributed by atoms with Gasteiger partial charge in [-0.05, 0) is 25.0 Å². The molecule has 0 atom stereocenters. The fourth-order valence-corrected chi connectivity index (χ4v) is 7.49. The molecular formula is C11H20Si2. The Hall–Kier alpha value is -0.346. The molecule has 0 N–H and O–H groups in total. The maximum Gasteiger partial charge on any atom is 0.0777 e. The van der Waals surface area contributed by atoms with E-state index in [4.69, 9.17) is 0 Å². The van der Waals surface area contributed by atoms with Gasteiger partial charge in [-0.1, -0.05) is 42.1 Å². The third-order valence-corrected chi connectivity index (χ3v) is 6.30. The fraction of sp³-hybridized carbons (Fsp3) is 0.455. The van der Waals surface area contributed by atoms with Gasteiger partial charge in [0.15, 0.2) is 0 Å². The molecule has 1 aromatic carbocycles. The number of hydrogen-bond donors (Lipinski definition) is 0. The summed E-state index contributed by atoms with van der Waals surface area (Å²) < 4.78 is 0. The van der Waals surface area contributed by atoms with Gasteiger partial charge in [0.1, 0.15) is 0 Å². The SMILES string of the molecule is Cc1ccc([SiH3])c([Si](C)(C)C)c1C. The molecule has 0 aromatic heterocycles. The van der Waals surface area contributed by atoms with Gasteiger partial charge >= 0.3 is 0 Å². The van der Waals surface area contributed by atoms with E-state index in [0.717, 1.165) is 0 Å². The Morgan fingerprint density at radius 1 is 1.08 bits per heavy atom. The average Bonchev–Trinajstić information content (AvgIpc) is 1.95. The Bertz CT molecular complexity index is 322. The topological polar surface area (TPSA) is 0 Å². The molecule has 0 bridgehead atoms. The van der Waals surface area contributed by atoms with E-state index in [9.17, 15) is 0 Å². The van der Waals surface area contributed by atoms with Crippen LogP contribution in [0.2, 0.25) is 19.6 Å². The second-order valence-corrected chi connectivity index (χ2v) is 11.0. The van der Waals surface area contributed by atoms with Gasteiger partial charge < -0.3 is 0 Å². The second-order valence-electron chi connectivity index (χ2n) is 4.95. The summed E-state index contributed by atoms with van der Waals surface area (Å²) in [4.78, 5) is 0. The molecule has 0 radical (unpaired) electrons. The van der Waals surface area contributed by atoms with E-state index in [-0.39, 0.29) is 0 Å². The zero-order valence-corrected chi connectivity index (χ0v) is 12.7. The summed E-state index contributed by atoms with van der Waals surface area (Å²) in [5, 5.41) is 3.32. The Kier molecular flexibility index (Phi) is 2.83. The molecule has 0 amide bonds. The first-order valence-electron chi connectivity index (χ1n) is 4.91. The normalized spacial score (nSPS) is 12.1. The van der Waals surface area contributed by atoms with Crippen molar-refractivity contribution in [3.63, 3.8) is 0 Å². The zero-order chi connectivity index (χ0) is 10.2. The highest BCUT2D eigenvalue weighted by atomic mass is 28.3. The van der Waals surface area contributed by atoms with Crippen LogP contribution >= 0.6 is 0 Å². The summed E-state index contributed by atoms with van der Waals surface area (Å²) in [6.45, 7) is 11.8. The highest BCUT2D eigenvalue weighted by Gasteiger charge is 2.21. The lowest BCUT2D eigenvalue weighted by Gasteiger charge is -2.23. The van der Waals surface area contributed by atoms with Crippen molar-refractivity contribution in [2.45, 2.75) is 33.5 Å². The molecule has 2 heteroatoms. The van der Waals surface area contributed by atoms with Gasteiger partial charge in [-0.25, -0.2) is 0 Å². The lowest BCUT2D eigenvalue weighted by atomic mass is 10.1. The molecule has 0 heterocycles. The first-order valence-corrected chi connectivity index (χ1v) is 9.41. The Morgan fingerprint density at radius 3 is 2.00 bits per heavy atom. The molecule has 0 aliphatic heterocycles. The summed E-state index contributed by atoms with van der Waals surface area (Å²) in [5.41, 5.74) is 3.00. The molecule has 13 heavy (non-hydrogen) atoms. The fourth-order valence-electron chi connectivity index (χ4n) is 2.11. The standard InChI is InChI=1S/C11H20Si2/c1-8-6-7-10(12)11(9(8)2)13(3,4)5/h6-7H,1-5,12H3. The third-order valence-electron chi connectivity index (χ3n) is 2.69. The van der Waals surface area contributed by atoms with Crippen molar-refractivity contribution >= 4 is 28.7 Å². The second kappa shape index (κ2) is 3.42. The van der Waals surface area contributed by atoms with Crippen LogP contribution in [-0.2, 0) is 0 Å². The Labute approximate surface area is 85.8 Å². The van der Waals surface area contributed by atoms with Gasteiger partial charge in [0.25, 0.3) is 0 Å². The van der Waals surface area contributed by atoms with Gasteiger partial charge in [-0.15, -0.1) is 0 Å². The first kappa shape index (κ1) is 10.7. The van der Waals surface area contributed by atoms with Crippen LogP contribution in [0.15, 0.2) is 12.1 Å². The zero-order valence-electron chi connectivity index (χ0n) is 9.65. The van der Waals surface area contributed by atoms with Gasteiger partial charge in [-0.3, -0.25) is 0 Å². The quantitative estimate of drug-likeness (QED) is 0.600. The molecule has 0 aliphatic rings. The van der Waals surface area contributed by atoms with Crippen molar-refractivity contribution in [3.8, 4) is 0 Å². The van der Waals surface area contributed by atoms with E-state index in [2.05, 4.69) is 45.6 Å². The van der Waals surface area contributed by atoms with Crippen molar-refractivity contribution in [1.29, 1.82) is 0 Å². The van der Waals surface area contributed by atoms with Crippen LogP contribution in [0.25, 0.3) is 0 Å². The van der Waals surface area contributed by atoms with Crippen LogP contribution < -0.4 is 10.4 Å². The molecular weight excluding hydrogens is 188 g/mol. The molecule has 0 saturated heterocycles. The van der Waals surface area contributed by atoms with Crippen LogP contribution in [0.1, 0.15) is 11.1 Å². The predicted molar refractivity (Wildman–Crippen MR) is 68.5 cm³/mol. The maximum absolute atomic E-state index is 2.44. The monoisotopic (exact) mass is 208 g/mol. The molecule has 0 unspecified atom stereocenters.